The Morgan fingerprint density at radius 1 is 0.680 bits per heavy atom. The molecule has 10 fully saturated rings. The fourth-order valence-corrected chi connectivity index (χ4v) is 15.9. The Bertz CT molecular complexity index is 3100. The summed E-state index contributed by atoms with van der Waals surface area (Å²) in [7, 11) is 1.95. The maximum atomic E-state index is 12.1. The molecule has 7 saturated carbocycles. The smallest absolute Gasteiger partial charge is 0.420 e. The average Bonchev–Trinajstić information content (AvgIpc) is 1.60. The van der Waals surface area contributed by atoms with Crippen LogP contribution in [0.3, 0.4) is 0 Å². The largest absolute Gasteiger partial charge is 0.444 e. The van der Waals surface area contributed by atoms with E-state index in [2.05, 4.69) is 52.3 Å². The standard InChI is InChI=1S/C22H27N5O3S.C14H23NO4.C13H25NO3.C7H11NO4.C7H13NO2.C6H13NO3.ClH/c1-11-17(21-26-14-4-2-3-5-16(14)31-21)20(27-22(24-11)23-9-12-6-7-12)25-15-8-13(10-28)18(29)19(15)30;1-6-9-7-10-11(8(9)2)18-12(16)15(10)13(17)19-14(3,4)5;1-6-9-7-10(11(15)8(9)2)14-12(16)17-13(3,4)5;9-2-3-1-4-6(5(3)10)12-7(11)8-4;1-8-5-2-4(3-9)6-7(5)10-6;7-4-1-3(2-8)5(9)6(4)10;/h2-5,12-13,15,18-19,28-30H,6-10H2,1H3,(H2,23,24,25,27);8-11H,6-7H2,1-5H3;8-11,15H,6-7H2,1-5H3,(H,14,16);3-6,9-10H,1-2H2,(H,8,11);4-9H,2-3H2,1H3;3-6,8-10H,1-2,7H2;1H/t13-,15-,18-,19-;2*8-,9?,10-,11+;3?,4-,5-,6-;4?,5-,6-,7?;3?,4-,5-,6-;/m111111./s1. The third-order valence-corrected chi connectivity index (χ3v) is 22.0. The van der Waals surface area contributed by atoms with Gasteiger partial charge in [0.2, 0.25) is 5.95 Å². The Balaban J connectivity index is 0.000000178. The van der Waals surface area contributed by atoms with Gasteiger partial charge in [-0.3, -0.25) is 0 Å². The highest BCUT2D eigenvalue weighted by Crippen LogP contribution is 2.45. The molecule has 5 heterocycles. The van der Waals surface area contributed by atoms with Gasteiger partial charge in [0.1, 0.15) is 40.3 Å². The van der Waals surface area contributed by atoms with Crippen molar-refractivity contribution in [2.24, 2.45) is 59.0 Å². The van der Waals surface area contributed by atoms with Crippen LogP contribution in [0, 0.1) is 60.2 Å². The van der Waals surface area contributed by atoms with Gasteiger partial charge in [0, 0.05) is 68.7 Å². The van der Waals surface area contributed by atoms with E-state index in [1.807, 2.05) is 65.9 Å². The van der Waals surface area contributed by atoms with Gasteiger partial charge >= 0.3 is 24.4 Å². The van der Waals surface area contributed by atoms with Crippen molar-refractivity contribution in [3.63, 3.8) is 0 Å². The summed E-state index contributed by atoms with van der Waals surface area (Å²) in [6.07, 6.45) is 2.00. The van der Waals surface area contributed by atoms with Gasteiger partial charge in [0.15, 0.2) is 0 Å². The van der Waals surface area contributed by atoms with E-state index in [1.165, 1.54) is 17.7 Å². The number of hydrogen-bond donors (Lipinski definition) is 16. The number of nitrogens with one attached hydrogen (secondary N) is 5. The molecule has 2 aromatic heterocycles. The lowest BCUT2D eigenvalue weighted by Crippen LogP contribution is -2.43. The molecule has 29 nitrogen and oxygen atoms in total. The summed E-state index contributed by atoms with van der Waals surface area (Å²) in [5, 5.41) is 110. The molecule has 3 aromatic rings. The van der Waals surface area contributed by atoms with Gasteiger partial charge in [-0.15, -0.1) is 23.7 Å². The highest BCUT2D eigenvalue weighted by Gasteiger charge is 2.57. The van der Waals surface area contributed by atoms with Crippen molar-refractivity contribution in [1.29, 1.82) is 0 Å². The lowest BCUT2D eigenvalue weighted by Gasteiger charge is -2.25. The molecule has 13 rings (SSSR count). The number of benzene rings is 1. The number of nitrogens with two attached hydrogens (primary N) is 1. The Kier molecular flexibility index (Phi) is 29.2. The summed E-state index contributed by atoms with van der Waals surface area (Å²) >= 11 is 1.57. The van der Waals surface area contributed by atoms with Crippen molar-refractivity contribution < 1.29 is 93.9 Å². The Labute approximate surface area is 596 Å². The van der Waals surface area contributed by atoms with Gasteiger partial charge < -0.3 is 107 Å². The summed E-state index contributed by atoms with van der Waals surface area (Å²) < 4.78 is 27.1. The van der Waals surface area contributed by atoms with Crippen LogP contribution < -0.4 is 32.3 Å². The number of imide groups is 1. The van der Waals surface area contributed by atoms with Crippen molar-refractivity contribution in [2.45, 2.75) is 249 Å². The van der Waals surface area contributed by atoms with Gasteiger partial charge in [-0.2, -0.15) is 4.98 Å². The molecule has 566 valence electrons. The van der Waals surface area contributed by atoms with Crippen LogP contribution in [-0.2, 0) is 23.7 Å². The summed E-state index contributed by atoms with van der Waals surface area (Å²) in [5.41, 5.74) is 6.82. The molecule has 3 saturated heterocycles. The number of nitrogens with zero attached hydrogens (tertiary/aromatic N) is 4. The molecule has 0 radical (unpaired) electrons. The Morgan fingerprint density at radius 3 is 1.79 bits per heavy atom. The van der Waals surface area contributed by atoms with Crippen molar-refractivity contribution in [3.05, 3.63) is 30.0 Å². The number of aliphatic hydroxyl groups is 10. The van der Waals surface area contributed by atoms with Crippen LogP contribution in [0.25, 0.3) is 20.8 Å². The van der Waals surface area contributed by atoms with Gasteiger partial charge in [-0.1, -0.05) is 52.7 Å². The number of aliphatic hydroxyl groups excluding tert-OH is 10. The van der Waals surface area contributed by atoms with Crippen molar-refractivity contribution in [2.75, 3.05) is 50.7 Å². The summed E-state index contributed by atoms with van der Waals surface area (Å²) in [6, 6.07) is 7.19. The van der Waals surface area contributed by atoms with Crippen LogP contribution in [0.1, 0.15) is 139 Å². The Morgan fingerprint density at radius 2 is 1.27 bits per heavy atom. The van der Waals surface area contributed by atoms with E-state index in [-0.39, 0.29) is 92.8 Å². The van der Waals surface area contributed by atoms with Gasteiger partial charge in [-0.05, 0) is 149 Å². The zero-order valence-electron chi connectivity index (χ0n) is 59.7. The van der Waals surface area contributed by atoms with Crippen LogP contribution in [0.5, 0.6) is 0 Å². The van der Waals surface area contributed by atoms with Crippen LogP contribution in [-0.4, -0.2) is 244 Å². The highest BCUT2D eigenvalue weighted by atomic mass is 35.5. The first-order valence-electron chi connectivity index (χ1n) is 35.3. The zero-order chi connectivity index (χ0) is 72.7. The van der Waals surface area contributed by atoms with Crippen LogP contribution >= 0.6 is 23.7 Å². The fourth-order valence-electron chi connectivity index (χ4n) is 14.9. The number of likely N-dealkylation sites (N-methyl/N-ethyl adjacent to an activating group) is 1. The first-order valence-corrected chi connectivity index (χ1v) is 36.1. The Hall–Kier alpha value is -5.16. The fraction of sp³-hybridized carbons (Fsp3) is 0.783. The molecular weight excluding hydrogens is 1340 g/mol. The number of anilines is 2. The summed E-state index contributed by atoms with van der Waals surface area (Å²) in [5.74, 6) is 2.93. The molecule has 31 heteroatoms. The maximum Gasteiger partial charge on any atom is 0.420 e. The number of fused-ring (bicyclic) bond motifs is 4. The van der Waals surface area contributed by atoms with E-state index in [4.69, 9.17) is 64.9 Å². The second-order valence-corrected chi connectivity index (χ2v) is 31.4. The molecule has 0 bridgehead atoms. The number of epoxide rings is 1. The van der Waals surface area contributed by atoms with Gasteiger partial charge in [-0.25, -0.2) is 34.0 Å². The molecule has 10 aliphatic rings. The van der Waals surface area contributed by atoms with E-state index in [0.29, 0.717) is 78.9 Å². The third kappa shape index (κ3) is 20.4. The SMILES string of the molecule is CCC1C[C@@H](NC(=O)OC(C)(C)C)[C@@H](O)[C@@H]1C.CCC1C[C@@H]2[C@@H](OC(=O)N2C(=O)OC(C)(C)C)[C@@H]1C.CN[C@@H]1CC(CO)[C@H]2OC21.Cc1nc(NCC2CC2)nc(N[C@@H]2C[C@H](CO)[C@@H](O)[C@@H]2O)c1-c1nc2ccccc2s1.Cl.N[C@@H]1CC(CO)[C@@H](O)[C@@H]1O.O=C1N[C@@H]2CC(CO)[C@@H](O)[C@@H]2O1. The maximum absolute atomic E-state index is 12.1. The molecule has 100 heavy (non-hydrogen) atoms. The van der Waals surface area contributed by atoms with E-state index in [9.17, 15) is 44.7 Å². The van der Waals surface area contributed by atoms with Crippen molar-refractivity contribution in [3.8, 4) is 10.6 Å². The number of ether oxygens (including phenoxy) is 5. The number of carbonyl (C=O) groups is 4. The minimum Gasteiger partial charge on any atom is -0.444 e. The van der Waals surface area contributed by atoms with Crippen molar-refractivity contribution in [1.82, 2.24) is 35.8 Å². The quantitative estimate of drug-likeness (QED) is 0.0778. The molecule has 3 aliphatic heterocycles. The molecule has 24 atom stereocenters. The van der Waals surface area contributed by atoms with E-state index < -0.39 is 84.3 Å². The number of aromatic nitrogens is 3. The summed E-state index contributed by atoms with van der Waals surface area (Å²) in [6.45, 7) is 21.9. The van der Waals surface area contributed by atoms with E-state index in [1.54, 1.807) is 32.1 Å². The van der Waals surface area contributed by atoms with Crippen LogP contribution in [0.15, 0.2) is 24.3 Å². The second-order valence-electron chi connectivity index (χ2n) is 30.4. The number of aryl methyl sites for hydroxylation is 1. The number of hydrogen-bond acceptors (Lipinski definition) is 27. The second kappa shape index (κ2) is 35.5. The lowest BCUT2D eigenvalue weighted by atomic mass is 9.95. The van der Waals surface area contributed by atoms with Gasteiger partial charge in [0.25, 0.3) is 0 Å². The molecule has 4 amide bonds. The first kappa shape index (κ1) is 82.1. The number of rotatable bonds is 14. The topological polar surface area (TPSA) is 448 Å². The molecule has 17 N–H and O–H groups in total. The third-order valence-electron chi connectivity index (χ3n) is 21.0. The molecule has 6 unspecified atom stereocenters. The number of para-hydroxylation sites is 1. The number of thiazole rings is 1. The molecular formula is C69H113ClN10O19S. The average molecular weight is 1450 g/mol. The lowest BCUT2D eigenvalue weighted by molar-refractivity contribution is 0.00299. The van der Waals surface area contributed by atoms with Crippen LogP contribution in [0.2, 0.25) is 0 Å². The first-order chi connectivity index (χ1) is 46.8. The number of carbonyl (C=O) groups excluding carboxylic acids is 4. The number of alkyl carbamates (subject to hydrolysis) is 2. The van der Waals surface area contributed by atoms with Gasteiger partial charge in [0.05, 0.1) is 88.4 Å². The monoisotopic (exact) mass is 1450 g/mol. The minimum absolute atomic E-state index is 0. The highest BCUT2D eigenvalue weighted by molar-refractivity contribution is 7.21. The molecule has 1 aromatic carbocycles. The van der Waals surface area contributed by atoms with E-state index >= 15 is 0 Å². The molecule has 7 aliphatic carbocycles. The zero-order valence-corrected chi connectivity index (χ0v) is 61.3. The summed E-state index contributed by atoms with van der Waals surface area (Å²) in [4.78, 5) is 61.6. The van der Waals surface area contributed by atoms with Crippen LogP contribution in [0.4, 0.5) is 30.9 Å². The van der Waals surface area contributed by atoms with Crippen molar-refractivity contribution >= 4 is 70.1 Å². The van der Waals surface area contributed by atoms with E-state index in [0.717, 1.165) is 65.1 Å². The number of amides is 4. The minimum atomic E-state index is -0.987. The number of halogens is 1. The predicted molar refractivity (Wildman–Crippen MR) is 375 cm³/mol. The molecule has 0 spiro atoms. The normalized spacial score (nSPS) is 35.5. The predicted octanol–water partition coefficient (Wildman–Crippen LogP) is 4.54.